The molecule has 30 heavy (non-hydrogen) atoms. The van der Waals surface area contributed by atoms with Gasteiger partial charge < -0.3 is 5.32 Å². The number of carbonyl (C=O) groups excluding carboxylic acids is 1. The van der Waals surface area contributed by atoms with Gasteiger partial charge in [0.05, 0.1) is 36.4 Å². The van der Waals surface area contributed by atoms with E-state index in [4.69, 9.17) is 0 Å². The molecule has 0 aliphatic heterocycles. The zero-order chi connectivity index (χ0) is 21.1. The van der Waals surface area contributed by atoms with Gasteiger partial charge in [-0.2, -0.15) is 15.0 Å². The summed E-state index contributed by atoms with van der Waals surface area (Å²) in [7, 11) is 0. The van der Waals surface area contributed by atoms with Crippen LogP contribution in [0.1, 0.15) is 22.8 Å². The quantitative estimate of drug-likeness (QED) is 0.533. The van der Waals surface area contributed by atoms with E-state index in [2.05, 4.69) is 25.8 Å². The summed E-state index contributed by atoms with van der Waals surface area (Å²) < 4.78 is 14.7. The highest BCUT2D eigenvalue weighted by molar-refractivity contribution is 5.98. The zero-order valence-electron chi connectivity index (χ0n) is 16.5. The van der Waals surface area contributed by atoms with Gasteiger partial charge in [-0.15, -0.1) is 5.10 Å². The number of aromatic nitrogens is 6. The molecule has 0 unspecified atom stereocenters. The largest absolute Gasteiger partial charge is 0.348 e. The van der Waals surface area contributed by atoms with E-state index in [1.54, 1.807) is 35.4 Å². The lowest BCUT2D eigenvalue weighted by atomic mass is 10.1. The second-order valence-corrected chi connectivity index (χ2v) is 7.05. The van der Waals surface area contributed by atoms with Crippen molar-refractivity contribution in [2.45, 2.75) is 26.4 Å². The summed E-state index contributed by atoms with van der Waals surface area (Å²) in [4.78, 5) is 14.3. The number of hydrogen-bond donors (Lipinski definition) is 1. The van der Waals surface area contributed by atoms with Gasteiger partial charge in [0, 0.05) is 11.6 Å². The van der Waals surface area contributed by atoms with Crippen LogP contribution in [0.5, 0.6) is 0 Å². The molecule has 8 nitrogen and oxygen atoms in total. The summed E-state index contributed by atoms with van der Waals surface area (Å²) in [5.41, 5.74) is 3.47. The van der Waals surface area contributed by atoms with Crippen molar-refractivity contribution in [3.63, 3.8) is 0 Å². The summed E-state index contributed by atoms with van der Waals surface area (Å²) in [5.74, 6) is -0.527. The molecule has 9 heteroatoms. The summed E-state index contributed by atoms with van der Waals surface area (Å²) in [5, 5.41) is 19.5. The van der Waals surface area contributed by atoms with Crippen molar-refractivity contribution in [1.82, 2.24) is 35.3 Å². The van der Waals surface area contributed by atoms with E-state index < -0.39 is 0 Å². The Bertz CT molecular complexity index is 1150. The summed E-state index contributed by atoms with van der Waals surface area (Å²) in [6.45, 7) is 4.24. The molecule has 1 N–H and O–H groups in total. The maximum atomic E-state index is 13.1. The molecule has 0 aliphatic carbocycles. The highest BCUT2D eigenvalue weighted by atomic mass is 19.1. The van der Waals surface area contributed by atoms with Crippen LogP contribution >= 0.6 is 0 Å². The SMILES string of the molecule is Cc1ccc(-n2nccn2)c(C(=O)N[C@@H](C)Cn2cc(-c3ccc(F)cc3)nn2)c1. The first-order valence-corrected chi connectivity index (χ1v) is 9.44. The third kappa shape index (κ3) is 4.24. The molecule has 0 fully saturated rings. The van der Waals surface area contributed by atoms with E-state index in [9.17, 15) is 9.18 Å². The Labute approximate surface area is 172 Å². The minimum absolute atomic E-state index is 0.209. The molecule has 152 valence electrons. The van der Waals surface area contributed by atoms with E-state index in [1.807, 2.05) is 32.0 Å². The van der Waals surface area contributed by atoms with Crippen molar-refractivity contribution in [3.8, 4) is 16.9 Å². The smallest absolute Gasteiger partial charge is 0.253 e. The highest BCUT2D eigenvalue weighted by Crippen LogP contribution is 2.17. The van der Waals surface area contributed by atoms with E-state index in [0.29, 0.717) is 23.5 Å². The third-order valence-electron chi connectivity index (χ3n) is 4.55. The molecule has 2 heterocycles. The van der Waals surface area contributed by atoms with E-state index >= 15 is 0 Å². The first-order chi connectivity index (χ1) is 14.5. The molecule has 0 saturated heterocycles. The molecule has 2 aromatic heterocycles. The number of rotatable bonds is 6. The summed E-state index contributed by atoms with van der Waals surface area (Å²) >= 11 is 0. The normalized spacial score (nSPS) is 12.0. The monoisotopic (exact) mass is 405 g/mol. The summed E-state index contributed by atoms with van der Waals surface area (Å²) in [6, 6.07) is 11.4. The first kappa shape index (κ1) is 19.4. The van der Waals surface area contributed by atoms with Crippen LogP contribution < -0.4 is 5.32 Å². The van der Waals surface area contributed by atoms with Gasteiger partial charge >= 0.3 is 0 Å². The predicted molar refractivity (Wildman–Crippen MR) is 108 cm³/mol. The summed E-state index contributed by atoms with van der Waals surface area (Å²) in [6.07, 6.45) is 4.89. The van der Waals surface area contributed by atoms with Crippen molar-refractivity contribution in [2.75, 3.05) is 0 Å². The number of amides is 1. The highest BCUT2D eigenvalue weighted by Gasteiger charge is 2.17. The lowest BCUT2D eigenvalue weighted by Gasteiger charge is -2.15. The fourth-order valence-corrected chi connectivity index (χ4v) is 3.11. The third-order valence-corrected chi connectivity index (χ3v) is 4.55. The Morgan fingerprint density at radius 2 is 1.87 bits per heavy atom. The van der Waals surface area contributed by atoms with Gasteiger partial charge in [0.15, 0.2) is 0 Å². The fraction of sp³-hybridized carbons (Fsp3) is 0.190. The van der Waals surface area contributed by atoms with E-state index in [0.717, 1.165) is 11.1 Å². The molecular formula is C21H20FN7O. The van der Waals surface area contributed by atoms with Gasteiger partial charge in [-0.1, -0.05) is 16.8 Å². The van der Waals surface area contributed by atoms with Gasteiger partial charge in [-0.25, -0.2) is 9.07 Å². The molecule has 4 aromatic rings. The lowest BCUT2D eigenvalue weighted by molar-refractivity contribution is 0.0935. The number of benzene rings is 2. The van der Waals surface area contributed by atoms with Crippen LogP contribution in [0.15, 0.2) is 61.1 Å². The maximum Gasteiger partial charge on any atom is 0.253 e. The Balaban J connectivity index is 1.46. The lowest BCUT2D eigenvalue weighted by Crippen LogP contribution is -2.36. The average molecular weight is 405 g/mol. The number of nitrogens with zero attached hydrogens (tertiary/aromatic N) is 6. The first-order valence-electron chi connectivity index (χ1n) is 9.44. The van der Waals surface area contributed by atoms with Crippen LogP contribution in [0.3, 0.4) is 0 Å². The minimum Gasteiger partial charge on any atom is -0.348 e. The Kier molecular flexibility index (Phi) is 5.34. The Morgan fingerprint density at radius 1 is 1.13 bits per heavy atom. The number of nitrogens with one attached hydrogen (secondary N) is 1. The molecule has 0 bridgehead atoms. The molecular weight excluding hydrogens is 385 g/mol. The number of aryl methyl sites for hydroxylation is 1. The molecule has 0 spiro atoms. The van der Waals surface area contributed by atoms with Crippen molar-refractivity contribution in [3.05, 3.63) is 78.0 Å². The molecule has 0 radical (unpaired) electrons. The van der Waals surface area contributed by atoms with Crippen LogP contribution in [0.4, 0.5) is 4.39 Å². The van der Waals surface area contributed by atoms with Gasteiger partial charge in [-0.05, 0) is 50.2 Å². The van der Waals surface area contributed by atoms with E-state index in [1.165, 1.54) is 16.9 Å². The van der Waals surface area contributed by atoms with Gasteiger partial charge in [0.25, 0.3) is 5.91 Å². The van der Waals surface area contributed by atoms with Crippen LogP contribution in [0.2, 0.25) is 0 Å². The van der Waals surface area contributed by atoms with Crippen LogP contribution in [-0.4, -0.2) is 41.9 Å². The van der Waals surface area contributed by atoms with Crippen molar-refractivity contribution in [1.29, 1.82) is 0 Å². The zero-order valence-corrected chi connectivity index (χ0v) is 16.5. The van der Waals surface area contributed by atoms with E-state index in [-0.39, 0.29) is 17.8 Å². The number of carbonyl (C=O) groups is 1. The van der Waals surface area contributed by atoms with Crippen molar-refractivity contribution in [2.24, 2.45) is 0 Å². The van der Waals surface area contributed by atoms with Crippen LogP contribution in [-0.2, 0) is 6.54 Å². The molecule has 1 atom stereocenters. The van der Waals surface area contributed by atoms with Gasteiger partial charge in [0.1, 0.15) is 11.5 Å². The number of hydrogen-bond acceptors (Lipinski definition) is 5. The second-order valence-electron chi connectivity index (χ2n) is 7.05. The standard InChI is InChI=1S/C21H20FN7O/c1-14-3-8-20(29-23-9-10-24-29)18(11-14)21(30)25-15(2)12-28-13-19(26-27-28)16-4-6-17(22)7-5-16/h3-11,13,15H,12H2,1-2H3,(H,25,30)/t15-/m0/s1. The fourth-order valence-electron chi connectivity index (χ4n) is 3.11. The minimum atomic E-state index is -0.302. The molecule has 4 rings (SSSR count). The molecule has 1 amide bonds. The Morgan fingerprint density at radius 3 is 2.60 bits per heavy atom. The van der Waals surface area contributed by atoms with Gasteiger partial charge in [-0.3, -0.25) is 4.79 Å². The van der Waals surface area contributed by atoms with Crippen LogP contribution in [0, 0.1) is 12.7 Å². The predicted octanol–water partition coefficient (Wildman–Crippen LogP) is 2.79. The number of halogens is 1. The molecule has 0 saturated carbocycles. The van der Waals surface area contributed by atoms with Crippen LogP contribution in [0.25, 0.3) is 16.9 Å². The topological polar surface area (TPSA) is 90.5 Å². The van der Waals surface area contributed by atoms with Crippen molar-refractivity contribution < 1.29 is 9.18 Å². The maximum absolute atomic E-state index is 13.1. The van der Waals surface area contributed by atoms with Gasteiger partial charge in [0.2, 0.25) is 0 Å². The second kappa shape index (κ2) is 8.24. The Hall–Kier alpha value is -3.88. The molecule has 2 aromatic carbocycles. The van der Waals surface area contributed by atoms with Crippen molar-refractivity contribution >= 4 is 5.91 Å². The average Bonchev–Trinajstić information content (AvgIpc) is 3.41. The molecule has 0 aliphatic rings.